The summed E-state index contributed by atoms with van der Waals surface area (Å²) in [6.07, 6.45) is 2.87. The number of aliphatic carboxylic acids is 1. The van der Waals surface area contributed by atoms with E-state index < -0.39 is 47.9 Å². The molecular formula is C22H42N4O5S. The summed E-state index contributed by atoms with van der Waals surface area (Å²) in [4.78, 5) is 49.8. The van der Waals surface area contributed by atoms with Crippen molar-refractivity contribution in [2.24, 2.45) is 23.5 Å². The molecule has 0 aliphatic carbocycles. The number of amides is 3. The zero-order chi connectivity index (χ0) is 25.0. The van der Waals surface area contributed by atoms with Crippen LogP contribution < -0.4 is 21.7 Å². The lowest BCUT2D eigenvalue weighted by atomic mass is 10.00. The maximum Gasteiger partial charge on any atom is 0.326 e. The molecule has 0 aromatic heterocycles. The maximum atomic E-state index is 13.0. The zero-order valence-electron chi connectivity index (χ0n) is 20.4. The van der Waals surface area contributed by atoms with Crippen LogP contribution >= 0.6 is 11.8 Å². The predicted molar refractivity (Wildman–Crippen MR) is 128 cm³/mol. The summed E-state index contributed by atoms with van der Waals surface area (Å²) in [5.41, 5.74) is 5.91. The zero-order valence-corrected chi connectivity index (χ0v) is 21.3. The van der Waals surface area contributed by atoms with Gasteiger partial charge in [0.05, 0.1) is 6.04 Å². The molecule has 4 atom stereocenters. The van der Waals surface area contributed by atoms with Crippen molar-refractivity contribution in [3.05, 3.63) is 0 Å². The lowest BCUT2D eigenvalue weighted by molar-refractivity contribution is -0.142. The van der Waals surface area contributed by atoms with Gasteiger partial charge in [0.2, 0.25) is 17.7 Å². The van der Waals surface area contributed by atoms with E-state index in [0.717, 1.165) is 0 Å². The van der Waals surface area contributed by atoms with Crippen molar-refractivity contribution in [3.8, 4) is 0 Å². The van der Waals surface area contributed by atoms with Gasteiger partial charge in [-0.15, -0.1) is 0 Å². The van der Waals surface area contributed by atoms with Gasteiger partial charge in [0, 0.05) is 0 Å². The highest BCUT2D eigenvalue weighted by atomic mass is 32.2. The highest BCUT2D eigenvalue weighted by molar-refractivity contribution is 7.98. The fraction of sp³-hybridized carbons (Fsp3) is 0.818. The van der Waals surface area contributed by atoms with E-state index in [2.05, 4.69) is 16.0 Å². The summed E-state index contributed by atoms with van der Waals surface area (Å²) in [6, 6.07) is -3.54. The first kappa shape index (κ1) is 30.2. The molecule has 0 aromatic carbocycles. The molecule has 0 bridgehead atoms. The number of carbonyl (C=O) groups is 4. The van der Waals surface area contributed by atoms with Crippen molar-refractivity contribution in [3.63, 3.8) is 0 Å². The topological polar surface area (TPSA) is 151 Å². The summed E-state index contributed by atoms with van der Waals surface area (Å²) in [5.74, 6) is -1.88. The van der Waals surface area contributed by atoms with Crippen LogP contribution in [0.5, 0.6) is 0 Å². The molecule has 0 heterocycles. The van der Waals surface area contributed by atoms with Crippen molar-refractivity contribution >= 4 is 35.5 Å². The average molecular weight is 475 g/mol. The van der Waals surface area contributed by atoms with E-state index in [1.54, 1.807) is 0 Å². The summed E-state index contributed by atoms with van der Waals surface area (Å²) in [6.45, 7) is 11.2. The van der Waals surface area contributed by atoms with E-state index in [1.807, 2.05) is 47.8 Å². The van der Waals surface area contributed by atoms with Gasteiger partial charge >= 0.3 is 5.97 Å². The van der Waals surface area contributed by atoms with Crippen LogP contribution in [0.15, 0.2) is 0 Å². The highest BCUT2D eigenvalue weighted by Crippen LogP contribution is 2.10. The minimum atomic E-state index is -1.12. The lowest BCUT2D eigenvalue weighted by Gasteiger charge is -2.26. The number of carbonyl (C=O) groups excluding carboxylic acids is 3. The second-order valence-electron chi connectivity index (χ2n) is 9.33. The third kappa shape index (κ3) is 11.7. The van der Waals surface area contributed by atoms with Crippen LogP contribution in [0.2, 0.25) is 0 Å². The first-order chi connectivity index (χ1) is 14.8. The Labute approximate surface area is 196 Å². The number of rotatable bonds is 15. The molecule has 32 heavy (non-hydrogen) atoms. The quantitative estimate of drug-likeness (QED) is 0.240. The number of nitrogens with one attached hydrogen (secondary N) is 3. The fourth-order valence-electron chi connectivity index (χ4n) is 3.02. The Morgan fingerprint density at radius 3 is 1.66 bits per heavy atom. The maximum absolute atomic E-state index is 13.0. The molecule has 186 valence electrons. The van der Waals surface area contributed by atoms with Gasteiger partial charge in [-0.1, -0.05) is 41.5 Å². The standard InChI is InChI=1S/C22H42N4O5S/c1-12(2)10-16(25-21(29)18(23)14(5)6)20(28)24-15(8-9-32-7)19(27)26-17(22(30)31)11-13(3)4/h12-18H,8-11,23H2,1-7H3,(H,24,28)(H,25,29)(H,26,27)(H,30,31). The first-order valence-electron chi connectivity index (χ1n) is 11.2. The van der Waals surface area contributed by atoms with Crippen molar-refractivity contribution in [2.45, 2.75) is 85.0 Å². The second-order valence-corrected chi connectivity index (χ2v) is 10.3. The Morgan fingerprint density at radius 2 is 1.22 bits per heavy atom. The number of thioether (sulfide) groups is 1. The molecule has 0 saturated carbocycles. The van der Waals surface area contributed by atoms with Gasteiger partial charge in [-0.05, 0) is 49.0 Å². The number of hydrogen-bond acceptors (Lipinski definition) is 6. The van der Waals surface area contributed by atoms with E-state index in [1.165, 1.54) is 11.8 Å². The van der Waals surface area contributed by atoms with Crippen LogP contribution in [0, 0.1) is 17.8 Å². The Morgan fingerprint density at radius 1 is 0.781 bits per heavy atom. The van der Waals surface area contributed by atoms with Gasteiger partial charge in [-0.2, -0.15) is 11.8 Å². The van der Waals surface area contributed by atoms with E-state index >= 15 is 0 Å². The van der Waals surface area contributed by atoms with Gasteiger partial charge in [-0.3, -0.25) is 14.4 Å². The third-order valence-electron chi connectivity index (χ3n) is 4.93. The van der Waals surface area contributed by atoms with E-state index in [9.17, 15) is 24.3 Å². The number of carboxylic acid groups (broad SMARTS) is 1. The predicted octanol–water partition coefficient (Wildman–Crippen LogP) is 1.35. The Kier molecular flexibility index (Phi) is 14.2. The van der Waals surface area contributed by atoms with Gasteiger partial charge < -0.3 is 26.8 Å². The van der Waals surface area contributed by atoms with Crippen molar-refractivity contribution in [1.29, 1.82) is 0 Å². The van der Waals surface area contributed by atoms with Crippen LogP contribution in [0.4, 0.5) is 0 Å². The van der Waals surface area contributed by atoms with Crippen molar-refractivity contribution in [2.75, 3.05) is 12.0 Å². The molecule has 4 unspecified atom stereocenters. The van der Waals surface area contributed by atoms with E-state index in [-0.39, 0.29) is 24.2 Å². The van der Waals surface area contributed by atoms with Gasteiger partial charge in [-0.25, -0.2) is 4.79 Å². The Balaban J connectivity index is 5.46. The van der Waals surface area contributed by atoms with E-state index in [4.69, 9.17) is 5.73 Å². The van der Waals surface area contributed by atoms with Gasteiger partial charge in [0.1, 0.15) is 18.1 Å². The molecule has 0 rings (SSSR count). The molecule has 0 spiro atoms. The van der Waals surface area contributed by atoms with E-state index in [0.29, 0.717) is 18.6 Å². The molecule has 0 radical (unpaired) electrons. The fourth-order valence-corrected chi connectivity index (χ4v) is 3.49. The van der Waals surface area contributed by atoms with Crippen LogP contribution in [-0.2, 0) is 19.2 Å². The first-order valence-corrected chi connectivity index (χ1v) is 12.6. The molecule has 9 nitrogen and oxygen atoms in total. The van der Waals surface area contributed by atoms with Crippen LogP contribution in [-0.4, -0.2) is 65.0 Å². The molecule has 0 saturated heterocycles. The Bertz CT molecular complexity index is 627. The Hall–Kier alpha value is -1.81. The summed E-state index contributed by atoms with van der Waals surface area (Å²) in [5, 5.41) is 17.4. The number of nitrogens with two attached hydrogens (primary N) is 1. The minimum absolute atomic E-state index is 0.0754. The molecule has 0 aliphatic heterocycles. The SMILES string of the molecule is CSCCC(NC(=O)C(CC(C)C)NC(=O)C(N)C(C)C)C(=O)NC(CC(C)C)C(=O)O. The summed E-state index contributed by atoms with van der Waals surface area (Å²) >= 11 is 1.51. The molecular weight excluding hydrogens is 432 g/mol. The van der Waals surface area contributed by atoms with Gasteiger partial charge in [0.15, 0.2) is 0 Å². The molecule has 0 aliphatic rings. The summed E-state index contributed by atoms with van der Waals surface area (Å²) < 4.78 is 0. The average Bonchev–Trinajstić information content (AvgIpc) is 2.68. The normalized spacial score (nSPS) is 15.2. The smallest absolute Gasteiger partial charge is 0.326 e. The van der Waals surface area contributed by atoms with Crippen LogP contribution in [0.3, 0.4) is 0 Å². The largest absolute Gasteiger partial charge is 0.480 e. The molecule has 3 amide bonds. The van der Waals surface area contributed by atoms with Crippen LogP contribution in [0.25, 0.3) is 0 Å². The monoisotopic (exact) mass is 474 g/mol. The van der Waals surface area contributed by atoms with Crippen molar-refractivity contribution < 1.29 is 24.3 Å². The summed E-state index contributed by atoms with van der Waals surface area (Å²) in [7, 11) is 0. The minimum Gasteiger partial charge on any atom is -0.480 e. The second kappa shape index (κ2) is 15.1. The lowest BCUT2D eigenvalue weighted by Crippen LogP contribution is -2.58. The molecule has 0 aromatic rings. The van der Waals surface area contributed by atoms with Gasteiger partial charge in [0.25, 0.3) is 0 Å². The third-order valence-corrected chi connectivity index (χ3v) is 5.57. The van der Waals surface area contributed by atoms with Crippen molar-refractivity contribution in [1.82, 2.24) is 16.0 Å². The molecule has 0 fully saturated rings. The molecule has 6 N–H and O–H groups in total. The number of carboxylic acids is 1. The molecule has 10 heteroatoms. The highest BCUT2D eigenvalue weighted by Gasteiger charge is 2.31. The number of hydrogen-bond donors (Lipinski definition) is 5. The van der Waals surface area contributed by atoms with Crippen LogP contribution in [0.1, 0.15) is 60.8 Å².